The van der Waals surface area contributed by atoms with E-state index in [0.29, 0.717) is 24.6 Å². The van der Waals surface area contributed by atoms with Gasteiger partial charge in [0, 0.05) is 18.7 Å². The molecule has 0 heterocycles. The van der Waals surface area contributed by atoms with Crippen LogP contribution in [-0.4, -0.2) is 35.7 Å². The summed E-state index contributed by atoms with van der Waals surface area (Å²) in [5.41, 5.74) is 6.01. The van der Waals surface area contributed by atoms with Crippen molar-refractivity contribution in [3.63, 3.8) is 0 Å². The van der Waals surface area contributed by atoms with E-state index in [9.17, 15) is 9.90 Å². The van der Waals surface area contributed by atoms with Gasteiger partial charge < -0.3 is 21.5 Å². The maximum Gasteiger partial charge on any atom is 0.248 e. The minimum atomic E-state index is -0.706. The molecule has 0 spiro atoms. The number of rotatable bonds is 10. The third-order valence-corrected chi connectivity index (χ3v) is 4.02. The zero-order valence-corrected chi connectivity index (χ0v) is 18.4. The van der Waals surface area contributed by atoms with Crippen molar-refractivity contribution in [3.8, 4) is 0 Å². The van der Waals surface area contributed by atoms with Crippen LogP contribution in [0, 0.1) is 0 Å². The fraction of sp³-hybridized carbons (Fsp3) is 0.579. The van der Waals surface area contributed by atoms with Gasteiger partial charge in [-0.15, -0.1) is 24.0 Å². The molecule has 0 saturated heterocycles. The van der Waals surface area contributed by atoms with Crippen LogP contribution in [0.3, 0.4) is 0 Å². The van der Waals surface area contributed by atoms with Crippen LogP contribution in [0.1, 0.15) is 62.4 Å². The lowest BCUT2D eigenvalue weighted by Gasteiger charge is -2.28. The minimum Gasteiger partial charge on any atom is -0.388 e. The lowest BCUT2D eigenvalue weighted by atomic mass is 9.93. The molecular formula is C19H33IN4O2. The number of nitrogens with zero attached hydrogens (tertiary/aromatic N) is 1. The van der Waals surface area contributed by atoms with E-state index >= 15 is 0 Å². The summed E-state index contributed by atoms with van der Waals surface area (Å²) in [6.45, 7) is 7.86. The van der Waals surface area contributed by atoms with Gasteiger partial charge in [0.15, 0.2) is 5.96 Å². The van der Waals surface area contributed by atoms with Gasteiger partial charge in [0.05, 0.1) is 12.1 Å². The molecule has 148 valence electrons. The number of benzene rings is 1. The molecule has 0 aliphatic carbocycles. The van der Waals surface area contributed by atoms with Crippen molar-refractivity contribution >= 4 is 35.8 Å². The molecule has 0 fully saturated rings. The molecule has 6 nitrogen and oxygen atoms in total. The van der Waals surface area contributed by atoms with Gasteiger partial charge in [-0.1, -0.05) is 38.8 Å². The first-order valence-corrected chi connectivity index (χ1v) is 9.07. The van der Waals surface area contributed by atoms with E-state index < -0.39 is 11.5 Å². The summed E-state index contributed by atoms with van der Waals surface area (Å²) >= 11 is 0. The maximum absolute atomic E-state index is 11.1. The van der Waals surface area contributed by atoms with Crippen molar-refractivity contribution in [1.29, 1.82) is 0 Å². The quantitative estimate of drug-likeness (QED) is 0.237. The Bertz CT molecular complexity index is 555. The molecule has 5 N–H and O–H groups in total. The molecule has 0 atom stereocenters. The van der Waals surface area contributed by atoms with Crippen LogP contribution >= 0.6 is 24.0 Å². The third-order valence-electron chi connectivity index (χ3n) is 4.02. The van der Waals surface area contributed by atoms with Crippen molar-refractivity contribution in [2.75, 3.05) is 13.1 Å². The van der Waals surface area contributed by atoms with E-state index in [-0.39, 0.29) is 24.0 Å². The molecule has 0 aliphatic rings. The normalized spacial score (nSPS) is 11.6. The Kier molecular flexibility index (Phi) is 12.2. The highest BCUT2D eigenvalue weighted by molar-refractivity contribution is 14.0. The van der Waals surface area contributed by atoms with Gasteiger partial charge in [-0.3, -0.25) is 4.79 Å². The van der Waals surface area contributed by atoms with Gasteiger partial charge in [-0.05, 0) is 37.5 Å². The van der Waals surface area contributed by atoms with E-state index in [1.807, 2.05) is 19.1 Å². The van der Waals surface area contributed by atoms with Gasteiger partial charge in [0.1, 0.15) is 0 Å². The Morgan fingerprint density at radius 1 is 1.12 bits per heavy atom. The zero-order valence-electron chi connectivity index (χ0n) is 16.0. The second-order valence-corrected chi connectivity index (χ2v) is 6.33. The number of guanidine groups is 1. The van der Waals surface area contributed by atoms with Gasteiger partial charge >= 0.3 is 0 Å². The predicted octanol–water partition coefficient (Wildman–Crippen LogP) is 2.79. The van der Waals surface area contributed by atoms with Gasteiger partial charge in [-0.2, -0.15) is 0 Å². The topological polar surface area (TPSA) is 99.7 Å². The number of nitrogens with two attached hydrogens (primary N) is 1. The average Bonchev–Trinajstić information content (AvgIpc) is 2.58. The van der Waals surface area contributed by atoms with Gasteiger partial charge in [0.2, 0.25) is 5.91 Å². The molecule has 1 amide bonds. The fourth-order valence-corrected chi connectivity index (χ4v) is 2.77. The largest absolute Gasteiger partial charge is 0.388 e. The van der Waals surface area contributed by atoms with Crippen LogP contribution in [0.25, 0.3) is 0 Å². The van der Waals surface area contributed by atoms with Crippen LogP contribution < -0.4 is 16.4 Å². The molecule has 0 unspecified atom stereocenters. The molecule has 26 heavy (non-hydrogen) atoms. The van der Waals surface area contributed by atoms with Crippen molar-refractivity contribution in [3.05, 3.63) is 35.4 Å². The average molecular weight is 476 g/mol. The molecule has 1 aromatic rings. The molecule has 0 radical (unpaired) electrons. The molecule has 0 aliphatic heterocycles. The number of nitrogens with one attached hydrogen (secondary N) is 2. The van der Waals surface area contributed by atoms with Gasteiger partial charge in [0.25, 0.3) is 0 Å². The number of hydrogen-bond donors (Lipinski definition) is 4. The summed E-state index contributed by atoms with van der Waals surface area (Å²) in [6.07, 6.45) is 3.42. The molecule has 0 aromatic heterocycles. The summed E-state index contributed by atoms with van der Waals surface area (Å²) in [4.78, 5) is 15.6. The second kappa shape index (κ2) is 12.9. The molecule has 0 bridgehead atoms. The molecule has 1 rings (SSSR count). The Balaban J connectivity index is 0.00000625. The lowest BCUT2D eigenvalue weighted by Crippen LogP contribution is -2.47. The Labute approximate surface area is 174 Å². The monoisotopic (exact) mass is 476 g/mol. The first kappa shape index (κ1) is 24.7. The number of halogens is 1. The van der Waals surface area contributed by atoms with E-state index in [1.165, 1.54) is 0 Å². The second-order valence-electron chi connectivity index (χ2n) is 6.33. The number of carbonyl (C=O) groups is 1. The van der Waals surface area contributed by atoms with Crippen molar-refractivity contribution in [2.45, 2.75) is 58.6 Å². The van der Waals surface area contributed by atoms with E-state index in [4.69, 9.17) is 5.73 Å². The van der Waals surface area contributed by atoms with Crippen molar-refractivity contribution in [1.82, 2.24) is 10.6 Å². The first-order valence-electron chi connectivity index (χ1n) is 9.07. The van der Waals surface area contributed by atoms with Crippen LogP contribution in [0.2, 0.25) is 0 Å². The Hall–Kier alpha value is -1.35. The number of amides is 1. The maximum atomic E-state index is 11.1. The SMILES string of the molecule is CCCC(O)(CCC)CNC(=NCc1ccc(C(N)=O)cc1)NCC.I. The van der Waals surface area contributed by atoms with Crippen molar-refractivity contribution < 1.29 is 9.90 Å². The summed E-state index contributed by atoms with van der Waals surface area (Å²) in [5.74, 6) is 0.239. The van der Waals surface area contributed by atoms with E-state index in [1.54, 1.807) is 12.1 Å². The number of aliphatic hydroxyl groups is 1. The summed E-state index contributed by atoms with van der Waals surface area (Å²) in [6, 6.07) is 7.10. The van der Waals surface area contributed by atoms with Crippen LogP contribution in [-0.2, 0) is 6.54 Å². The summed E-state index contributed by atoms with van der Waals surface area (Å²) in [5, 5.41) is 17.1. The van der Waals surface area contributed by atoms with Crippen molar-refractivity contribution in [2.24, 2.45) is 10.7 Å². The standard InChI is InChI=1S/C19H32N4O2.HI/c1-4-11-19(25,12-5-2)14-23-18(21-6-3)22-13-15-7-9-16(10-8-15)17(20)24;/h7-10,25H,4-6,11-14H2,1-3H3,(H2,20,24)(H2,21,22,23);1H. The Morgan fingerprint density at radius 3 is 2.15 bits per heavy atom. The molecule has 7 heteroatoms. The highest BCUT2D eigenvalue weighted by atomic mass is 127. The van der Waals surface area contributed by atoms with E-state index in [2.05, 4.69) is 29.5 Å². The Morgan fingerprint density at radius 2 is 1.69 bits per heavy atom. The van der Waals surface area contributed by atoms with Gasteiger partial charge in [-0.25, -0.2) is 4.99 Å². The van der Waals surface area contributed by atoms with Crippen LogP contribution in [0.15, 0.2) is 29.3 Å². The fourth-order valence-electron chi connectivity index (χ4n) is 2.77. The lowest BCUT2D eigenvalue weighted by molar-refractivity contribution is 0.0257. The van der Waals surface area contributed by atoms with E-state index in [0.717, 1.165) is 37.8 Å². The summed E-state index contributed by atoms with van der Waals surface area (Å²) < 4.78 is 0. The number of aliphatic imine (C=N–C) groups is 1. The highest BCUT2D eigenvalue weighted by Gasteiger charge is 2.24. The molecule has 1 aromatic carbocycles. The molecular weight excluding hydrogens is 443 g/mol. The van der Waals surface area contributed by atoms with Crippen LogP contribution in [0.5, 0.6) is 0 Å². The third kappa shape index (κ3) is 8.84. The smallest absolute Gasteiger partial charge is 0.248 e. The van der Waals surface area contributed by atoms with Crippen LogP contribution in [0.4, 0.5) is 0 Å². The number of primary amides is 1. The number of carbonyl (C=O) groups excluding carboxylic acids is 1. The highest BCUT2D eigenvalue weighted by Crippen LogP contribution is 2.18. The number of hydrogen-bond acceptors (Lipinski definition) is 3. The summed E-state index contributed by atoms with van der Waals surface area (Å²) in [7, 11) is 0. The molecule has 0 saturated carbocycles. The first-order chi connectivity index (χ1) is 11.9. The predicted molar refractivity (Wildman–Crippen MR) is 118 cm³/mol. The zero-order chi connectivity index (χ0) is 18.7. The minimum absolute atomic E-state index is 0.